The monoisotopic (exact) mass is 342 g/mol. The average Bonchev–Trinajstić information content (AvgIpc) is 2.34. The molecule has 24 heavy (non-hydrogen) atoms. The van der Waals surface area contributed by atoms with Crippen LogP contribution in [0.15, 0.2) is 0 Å². The highest BCUT2D eigenvalue weighted by Gasteiger charge is 2.48. The molecule has 0 rings (SSSR count). The van der Waals surface area contributed by atoms with Crippen LogP contribution in [0.2, 0.25) is 0 Å². The van der Waals surface area contributed by atoms with Crippen LogP contribution in [-0.2, 0) is 4.74 Å². The molecule has 0 aromatic carbocycles. The smallest absolute Gasteiger partial charge is 0.161 e. The molecule has 0 fully saturated rings. The molecule has 0 radical (unpaired) electrons. The standard InChI is InChI=1S/C22H46O2/c1-12-21(10,15-13-14-17(2)3)24-18(23)22(11,20(7,8)9)16-19(4,5)6/h17-18,23H,12-16H2,1-11H3/t18-,21?,22?/m1/s1. The van der Waals surface area contributed by atoms with Gasteiger partial charge in [-0.15, -0.1) is 0 Å². The topological polar surface area (TPSA) is 29.5 Å². The van der Waals surface area contributed by atoms with E-state index in [0.29, 0.717) is 0 Å². The van der Waals surface area contributed by atoms with Gasteiger partial charge in [-0.1, -0.05) is 82.1 Å². The minimum Gasteiger partial charge on any atom is -0.367 e. The van der Waals surface area contributed by atoms with Crippen LogP contribution in [-0.4, -0.2) is 17.0 Å². The van der Waals surface area contributed by atoms with Gasteiger partial charge in [-0.05, 0) is 42.9 Å². The van der Waals surface area contributed by atoms with E-state index >= 15 is 0 Å². The first-order chi connectivity index (χ1) is 10.6. The molecule has 1 N–H and O–H groups in total. The molecule has 0 amide bonds. The summed E-state index contributed by atoms with van der Waals surface area (Å²) < 4.78 is 6.36. The van der Waals surface area contributed by atoms with Gasteiger partial charge in [0.05, 0.1) is 5.60 Å². The Hall–Kier alpha value is -0.0800. The Kier molecular flexibility index (Phi) is 8.51. The second kappa shape index (κ2) is 8.54. The van der Waals surface area contributed by atoms with Gasteiger partial charge >= 0.3 is 0 Å². The van der Waals surface area contributed by atoms with Gasteiger partial charge < -0.3 is 9.84 Å². The van der Waals surface area contributed by atoms with Crippen molar-refractivity contribution in [3.63, 3.8) is 0 Å². The van der Waals surface area contributed by atoms with E-state index in [1.807, 2.05) is 0 Å². The molecule has 3 atom stereocenters. The van der Waals surface area contributed by atoms with Gasteiger partial charge in [0.15, 0.2) is 6.29 Å². The fourth-order valence-electron chi connectivity index (χ4n) is 3.43. The number of hydrogen-bond donors (Lipinski definition) is 1. The Morgan fingerprint density at radius 2 is 1.42 bits per heavy atom. The molecule has 0 saturated carbocycles. The maximum Gasteiger partial charge on any atom is 0.161 e. The first-order valence-corrected chi connectivity index (χ1v) is 9.92. The summed E-state index contributed by atoms with van der Waals surface area (Å²) in [7, 11) is 0. The van der Waals surface area contributed by atoms with Gasteiger partial charge in [-0.25, -0.2) is 0 Å². The minimum absolute atomic E-state index is 0.0354. The van der Waals surface area contributed by atoms with Gasteiger partial charge in [0.2, 0.25) is 0 Å². The Morgan fingerprint density at radius 1 is 0.917 bits per heavy atom. The zero-order chi connectivity index (χ0) is 19.4. The maximum absolute atomic E-state index is 11.1. The van der Waals surface area contributed by atoms with Gasteiger partial charge in [0, 0.05) is 5.41 Å². The summed E-state index contributed by atoms with van der Waals surface area (Å²) in [6.07, 6.45) is 4.48. The molecule has 0 heterocycles. The molecule has 0 aliphatic carbocycles. The summed E-state index contributed by atoms with van der Waals surface area (Å²) in [4.78, 5) is 0. The van der Waals surface area contributed by atoms with E-state index in [1.165, 1.54) is 6.42 Å². The first kappa shape index (κ1) is 23.9. The minimum atomic E-state index is -0.749. The summed E-state index contributed by atoms with van der Waals surface area (Å²) in [5, 5.41) is 11.1. The van der Waals surface area contributed by atoms with Crippen molar-refractivity contribution in [2.24, 2.45) is 22.2 Å². The second-order valence-corrected chi connectivity index (χ2v) is 11.0. The van der Waals surface area contributed by atoms with Crippen LogP contribution in [0.4, 0.5) is 0 Å². The molecule has 2 nitrogen and oxygen atoms in total. The zero-order valence-corrected chi connectivity index (χ0v) is 18.5. The van der Waals surface area contributed by atoms with Crippen molar-refractivity contribution in [3.8, 4) is 0 Å². The lowest BCUT2D eigenvalue weighted by Gasteiger charge is -2.50. The van der Waals surface area contributed by atoms with E-state index in [9.17, 15) is 5.11 Å². The maximum atomic E-state index is 11.1. The van der Waals surface area contributed by atoms with E-state index in [4.69, 9.17) is 4.74 Å². The van der Waals surface area contributed by atoms with E-state index in [2.05, 4.69) is 76.2 Å². The van der Waals surface area contributed by atoms with E-state index in [0.717, 1.165) is 31.6 Å². The number of rotatable bonds is 9. The molecule has 0 spiro atoms. The normalized spacial score (nSPS) is 19.9. The molecular formula is C22H46O2. The molecule has 2 unspecified atom stereocenters. The summed E-state index contributed by atoms with van der Waals surface area (Å²) in [6, 6.07) is 0. The van der Waals surface area contributed by atoms with Gasteiger partial charge in [0.25, 0.3) is 0 Å². The molecule has 0 aliphatic rings. The van der Waals surface area contributed by atoms with E-state index in [-0.39, 0.29) is 21.8 Å². The fraction of sp³-hybridized carbons (Fsp3) is 1.00. The zero-order valence-electron chi connectivity index (χ0n) is 18.5. The summed E-state index contributed by atoms with van der Waals surface area (Å²) in [5.74, 6) is 0.719. The molecule has 0 bridgehead atoms. The van der Waals surface area contributed by atoms with Crippen LogP contribution in [0.1, 0.15) is 108 Å². The molecule has 0 aromatic heterocycles. The van der Waals surface area contributed by atoms with Gasteiger partial charge in [-0.3, -0.25) is 0 Å². The van der Waals surface area contributed by atoms with Crippen molar-refractivity contribution in [2.75, 3.05) is 0 Å². The van der Waals surface area contributed by atoms with Crippen molar-refractivity contribution in [1.29, 1.82) is 0 Å². The van der Waals surface area contributed by atoms with Gasteiger partial charge in [-0.2, -0.15) is 0 Å². The van der Waals surface area contributed by atoms with Crippen LogP contribution in [0.3, 0.4) is 0 Å². The largest absolute Gasteiger partial charge is 0.367 e. The quantitative estimate of drug-likeness (QED) is 0.467. The Morgan fingerprint density at radius 3 is 1.75 bits per heavy atom. The van der Waals surface area contributed by atoms with Crippen molar-refractivity contribution in [3.05, 3.63) is 0 Å². The Labute approximate surface area is 152 Å². The molecule has 146 valence electrons. The van der Waals surface area contributed by atoms with Crippen LogP contribution in [0.25, 0.3) is 0 Å². The lowest BCUT2D eigenvalue weighted by Crippen LogP contribution is -2.50. The highest BCUT2D eigenvalue weighted by molar-refractivity contribution is 4.93. The molecule has 0 aliphatic heterocycles. The van der Waals surface area contributed by atoms with E-state index in [1.54, 1.807) is 0 Å². The summed E-state index contributed by atoms with van der Waals surface area (Å²) >= 11 is 0. The predicted octanol–water partition coefficient (Wildman–Crippen LogP) is 6.81. The van der Waals surface area contributed by atoms with Crippen LogP contribution in [0, 0.1) is 22.2 Å². The SMILES string of the molecule is CCC(C)(CCCC(C)C)O[C@@H](O)C(C)(CC(C)(C)C)C(C)(C)C. The third kappa shape index (κ3) is 7.44. The molecule has 0 aromatic rings. The number of aliphatic hydroxyl groups excluding tert-OH is 1. The highest BCUT2D eigenvalue weighted by atomic mass is 16.6. The van der Waals surface area contributed by atoms with Crippen LogP contribution in [0.5, 0.6) is 0 Å². The van der Waals surface area contributed by atoms with Crippen LogP contribution < -0.4 is 0 Å². The third-order valence-corrected chi connectivity index (χ3v) is 5.79. The van der Waals surface area contributed by atoms with Crippen LogP contribution >= 0.6 is 0 Å². The molecular weight excluding hydrogens is 296 g/mol. The first-order valence-electron chi connectivity index (χ1n) is 9.92. The van der Waals surface area contributed by atoms with E-state index < -0.39 is 6.29 Å². The lowest BCUT2D eigenvalue weighted by atomic mass is 9.60. The number of ether oxygens (including phenoxy) is 1. The number of hydrogen-bond acceptors (Lipinski definition) is 2. The third-order valence-electron chi connectivity index (χ3n) is 5.79. The fourth-order valence-corrected chi connectivity index (χ4v) is 3.43. The summed E-state index contributed by atoms with van der Waals surface area (Å²) in [5.41, 5.74) is -0.433. The second-order valence-electron chi connectivity index (χ2n) is 11.0. The molecule has 0 saturated heterocycles. The summed E-state index contributed by atoms with van der Waals surface area (Å²) in [6.45, 7) is 24.4. The molecule has 2 heteroatoms. The van der Waals surface area contributed by atoms with Crippen molar-refractivity contribution < 1.29 is 9.84 Å². The number of aliphatic hydroxyl groups is 1. The van der Waals surface area contributed by atoms with Gasteiger partial charge in [0.1, 0.15) is 0 Å². The highest BCUT2D eigenvalue weighted by Crippen LogP contribution is 2.50. The average molecular weight is 343 g/mol. The van der Waals surface area contributed by atoms with Crippen molar-refractivity contribution >= 4 is 0 Å². The van der Waals surface area contributed by atoms with Crippen molar-refractivity contribution in [1.82, 2.24) is 0 Å². The Balaban J connectivity index is 5.24. The van der Waals surface area contributed by atoms with Crippen molar-refractivity contribution in [2.45, 2.75) is 120 Å². The Bertz CT molecular complexity index is 361. The lowest BCUT2D eigenvalue weighted by molar-refractivity contribution is -0.261. The predicted molar refractivity (Wildman–Crippen MR) is 106 cm³/mol.